The van der Waals surface area contributed by atoms with E-state index in [0.717, 1.165) is 0 Å². The van der Waals surface area contributed by atoms with Crippen LogP contribution in [-0.2, 0) is 4.79 Å². The lowest BCUT2D eigenvalue weighted by Gasteiger charge is -1.98. The minimum absolute atomic E-state index is 0.115. The average molecular weight is 362 g/mol. The van der Waals surface area contributed by atoms with Gasteiger partial charge in [-0.05, 0) is 16.4 Å². The zero-order chi connectivity index (χ0) is 18.9. The number of hydrogen-bond acceptors (Lipinski definition) is 7. The van der Waals surface area contributed by atoms with E-state index in [9.17, 15) is 9.59 Å². The van der Waals surface area contributed by atoms with E-state index >= 15 is 0 Å². The Bertz CT molecular complexity index is 1050. The van der Waals surface area contributed by atoms with Crippen molar-refractivity contribution in [3.8, 4) is 11.4 Å². The van der Waals surface area contributed by atoms with Crippen molar-refractivity contribution in [2.45, 2.75) is 6.42 Å². The van der Waals surface area contributed by atoms with Crippen molar-refractivity contribution < 1.29 is 9.42 Å². The predicted molar refractivity (Wildman–Crippen MR) is 102 cm³/mol. The number of rotatable bonds is 0. The molecule has 3 aliphatic heterocycles. The zero-order valence-electron chi connectivity index (χ0n) is 14.0. The molecule has 3 aliphatic rings. The Labute approximate surface area is 153 Å². The molecular formula is C18H14N6O3. The Hall–Kier alpha value is -4.01. The van der Waals surface area contributed by atoms with Gasteiger partial charge in [0.25, 0.3) is 5.56 Å². The smallest absolute Gasteiger partial charge is 0.259 e. The number of hydrogen-bond donors (Lipinski definition) is 1. The first kappa shape index (κ1) is 17.8. The van der Waals surface area contributed by atoms with Crippen LogP contribution in [-0.4, -0.2) is 39.8 Å². The molecule has 1 amide bonds. The summed E-state index contributed by atoms with van der Waals surface area (Å²) in [5.74, 6) is -0.0115. The van der Waals surface area contributed by atoms with Gasteiger partial charge < -0.3 is 4.98 Å². The molecule has 9 heteroatoms. The second-order valence-corrected chi connectivity index (χ2v) is 5.15. The first-order valence-corrected chi connectivity index (χ1v) is 7.92. The van der Waals surface area contributed by atoms with Gasteiger partial charge in [-0.1, -0.05) is 36.5 Å². The molecule has 0 aromatic carbocycles. The molecule has 0 fully saturated rings. The van der Waals surface area contributed by atoms with Gasteiger partial charge in [-0.2, -0.15) is 0 Å². The third-order valence-corrected chi connectivity index (χ3v) is 3.31. The molecule has 0 bridgehead atoms. The van der Waals surface area contributed by atoms with E-state index in [1.54, 1.807) is 36.5 Å². The lowest BCUT2D eigenvalue weighted by molar-refractivity contribution is -0.116. The van der Waals surface area contributed by atoms with Crippen LogP contribution in [0.2, 0.25) is 0 Å². The van der Waals surface area contributed by atoms with Gasteiger partial charge in [-0.3, -0.25) is 14.6 Å². The van der Waals surface area contributed by atoms with Gasteiger partial charge in [0.05, 0.1) is 11.1 Å². The number of aliphatic imine (C=N–C) groups is 3. The van der Waals surface area contributed by atoms with E-state index in [0.29, 0.717) is 5.56 Å². The molecule has 3 rings (SSSR count). The molecule has 0 saturated heterocycles. The summed E-state index contributed by atoms with van der Waals surface area (Å²) < 4.78 is 4.71. The number of allylic oxidation sites excluding steroid dienone is 6. The molecular weight excluding hydrogens is 348 g/mol. The highest BCUT2D eigenvalue weighted by molar-refractivity contribution is 6.19. The maximum atomic E-state index is 12.1. The monoisotopic (exact) mass is 362 g/mol. The van der Waals surface area contributed by atoms with Gasteiger partial charge >= 0.3 is 0 Å². The number of nitrogens with one attached hydrogen (secondary N) is 1. The molecule has 0 atom stereocenters. The fourth-order valence-electron chi connectivity index (χ4n) is 2.12. The summed E-state index contributed by atoms with van der Waals surface area (Å²) in [6, 6.07) is 0. The number of carbonyl (C=O) groups is 1. The molecule has 0 aromatic rings. The number of amides is 1. The summed E-state index contributed by atoms with van der Waals surface area (Å²) in [5, 5.41) is 7.38. The van der Waals surface area contributed by atoms with Gasteiger partial charge in [0.1, 0.15) is 0 Å². The number of nitrogens with zero attached hydrogens (tertiary/aromatic N) is 5. The molecule has 1 N–H and O–H groups in total. The highest BCUT2D eigenvalue weighted by atomic mass is 16.6. The quantitative estimate of drug-likeness (QED) is 0.768. The molecule has 3 heterocycles. The molecule has 27 heavy (non-hydrogen) atoms. The molecule has 0 saturated carbocycles. The molecule has 0 radical (unpaired) electrons. The molecule has 0 aliphatic carbocycles. The SMILES string of the molecule is O=C1CC=CC=CC=CC=CN=Cc2c3c(nonc-3[nH]c2=O)N=CC=N1. The van der Waals surface area contributed by atoms with Crippen LogP contribution >= 0.6 is 0 Å². The average Bonchev–Trinajstić information content (AvgIpc) is 2.98. The summed E-state index contributed by atoms with van der Waals surface area (Å²) in [5.41, 5.74) is 0.212. The third kappa shape index (κ3) is 4.75. The van der Waals surface area contributed by atoms with Crippen molar-refractivity contribution in [3.63, 3.8) is 0 Å². The van der Waals surface area contributed by atoms with Crippen LogP contribution in [0.4, 0.5) is 5.82 Å². The van der Waals surface area contributed by atoms with Crippen molar-refractivity contribution in [1.29, 1.82) is 0 Å². The van der Waals surface area contributed by atoms with Gasteiger partial charge in [0.15, 0.2) is 5.82 Å². The van der Waals surface area contributed by atoms with E-state index < -0.39 is 5.56 Å². The lowest BCUT2D eigenvalue weighted by Crippen LogP contribution is -2.03. The van der Waals surface area contributed by atoms with Gasteiger partial charge in [0.2, 0.25) is 11.7 Å². The molecule has 134 valence electrons. The van der Waals surface area contributed by atoms with Crippen LogP contribution in [0.15, 0.2) is 73.1 Å². The van der Waals surface area contributed by atoms with Crippen molar-refractivity contribution in [3.05, 3.63) is 64.6 Å². The van der Waals surface area contributed by atoms with Crippen LogP contribution < -0.4 is 5.56 Å². The third-order valence-electron chi connectivity index (χ3n) is 3.31. The molecule has 0 spiro atoms. The standard InChI is InChI=1S/C18H14N6O3/c25-14-8-6-4-2-1-3-5-7-9-19-12-13-15-16(21-11-10-20-14)23-27-24-17(15)22-18(13)26/h1-7,9-12H,8H2,(H,22,24,26). The molecule has 9 nitrogen and oxygen atoms in total. The molecule has 0 unspecified atom stereocenters. The van der Waals surface area contributed by atoms with Crippen molar-refractivity contribution in [2.24, 2.45) is 15.0 Å². The number of aromatic nitrogens is 3. The summed E-state index contributed by atoms with van der Waals surface area (Å²) in [6.45, 7) is 0. The van der Waals surface area contributed by atoms with Crippen LogP contribution in [0.25, 0.3) is 11.4 Å². The van der Waals surface area contributed by atoms with Gasteiger partial charge in [-0.25, -0.2) is 14.6 Å². The number of aromatic amines is 1. The van der Waals surface area contributed by atoms with Crippen LogP contribution in [0, 0.1) is 0 Å². The maximum Gasteiger partial charge on any atom is 0.259 e. The number of carbonyl (C=O) groups excluding carboxylic acids is 1. The first-order chi connectivity index (χ1) is 13.3. The highest BCUT2D eigenvalue weighted by Crippen LogP contribution is 2.27. The number of H-pyrrole nitrogens is 1. The first-order valence-electron chi connectivity index (χ1n) is 7.92. The summed E-state index contributed by atoms with van der Waals surface area (Å²) in [4.78, 5) is 38.2. The zero-order valence-corrected chi connectivity index (χ0v) is 14.0. The van der Waals surface area contributed by atoms with E-state index in [4.69, 9.17) is 4.63 Å². The second-order valence-electron chi connectivity index (χ2n) is 5.15. The molecule has 0 aromatic heterocycles. The lowest BCUT2D eigenvalue weighted by atomic mass is 10.2. The second kappa shape index (κ2) is 8.90. The summed E-state index contributed by atoms with van der Waals surface area (Å²) in [6.07, 6.45) is 18.0. The van der Waals surface area contributed by atoms with Crippen molar-refractivity contribution in [2.75, 3.05) is 0 Å². The Morgan fingerprint density at radius 3 is 2.59 bits per heavy atom. The van der Waals surface area contributed by atoms with Crippen LogP contribution in [0.3, 0.4) is 0 Å². The Balaban J connectivity index is 2.01. The van der Waals surface area contributed by atoms with Crippen LogP contribution in [0.5, 0.6) is 0 Å². The Kier molecular flexibility index (Phi) is 5.87. The maximum absolute atomic E-state index is 12.1. The van der Waals surface area contributed by atoms with Gasteiger partial charge in [-0.15, -0.1) is 0 Å². The predicted octanol–water partition coefficient (Wildman–Crippen LogP) is 2.17. The largest absolute Gasteiger partial charge is 0.303 e. The van der Waals surface area contributed by atoms with Crippen molar-refractivity contribution >= 4 is 30.4 Å². The van der Waals surface area contributed by atoms with E-state index in [1.165, 1.54) is 24.8 Å². The topological polar surface area (TPSA) is 126 Å². The minimum Gasteiger partial charge on any atom is -0.303 e. The summed E-state index contributed by atoms with van der Waals surface area (Å²) in [7, 11) is 0. The fourth-order valence-corrected chi connectivity index (χ4v) is 2.12. The van der Waals surface area contributed by atoms with E-state index in [2.05, 4.69) is 30.3 Å². The Morgan fingerprint density at radius 1 is 0.926 bits per heavy atom. The summed E-state index contributed by atoms with van der Waals surface area (Å²) >= 11 is 0. The van der Waals surface area contributed by atoms with E-state index in [1.807, 2.05) is 6.08 Å². The minimum atomic E-state index is -0.395. The van der Waals surface area contributed by atoms with Crippen molar-refractivity contribution in [1.82, 2.24) is 15.3 Å². The van der Waals surface area contributed by atoms with Gasteiger partial charge in [0, 0.05) is 31.3 Å². The normalized spacial score (nSPS) is 15.2. The van der Waals surface area contributed by atoms with E-state index in [-0.39, 0.29) is 29.5 Å². The fraction of sp³-hybridized carbons (Fsp3) is 0.0556. The van der Waals surface area contributed by atoms with Crippen LogP contribution in [0.1, 0.15) is 12.0 Å². The highest BCUT2D eigenvalue weighted by Gasteiger charge is 2.21. The Morgan fingerprint density at radius 2 is 1.70 bits per heavy atom.